The van der Waals surface area contributed by atoms with Gasteiger partial charge in [-0.15, -0.1) is 0 Å². The average molecular weight is 223 g/mol. The van der Waals surface area contributed by atoms with Crippen molar-refractivity contribution in [3.63, 3.8) is 0 Å². The Bertz CT molecular complexity index is 443. The molecule has 1 aromatic carbocycles. The Morgan fingerprint density at radius 3 is 2.88 bits per heavy atom. The van der Waals surface area contributed by atoms with Gasteiger partial charge in [-0.3, -0.25) is 10.1 Å². The Labute approximate surface area is 93.3 Å². The highest BCUT2D eigenvalue weighted by Crippen LogP contribution is 2.34. The first-order chi connectivity index (χ1) is 7.42. The smallest absolute Gasteiger partial charge is 0.325 e. The second kappa shape index (κ2) is 3.56. The summed E-state index contributed by atoms with van der Waals surface area (Å²) >= 11 is 0. The molecule has 16 heavy (non-hydrogen) atoms. The lowest BCUT2D eigenvalue weighted by Crippen LogP contribution is -2.44. The minimum absolute atomic E-state index is 0.172. The van der Waals surface area contributed by atoms with Crippen molar-refractivity contribution >= 4 is 5.97 Å². The van der Waals surface area contributed by atoms with Gasteiger partial charge in [-0.05, 0) is 23.3 Å². The predicted molar refractivity (Wildman–Crippen MR) is 57.8 cm³/mol. The second-order valence-electron chi connectivity index (χ2n) is 4.77. The van der Waals surface area contributed by atoms with Crippen LogP contribution in [0.5, 0.6) is 0 Å². The molecule has 0 saturated heterocycles. The molecule has 3 nitrogen and oxygen atoms in total. The molecule has 0 fully saturated rings. The summed E-state index contributed by atoms with van der Waals surface area (Å²) in [6.45, 7) is 4.59. The average Bonchev–Trinajstić information content (AvgIpc) is 2.16. The van der Waals surface area contributed by atoms with E-state index in [1.165, 1.54) is 12.1 Å². The number of carboxylic acids is 1. The van der Waals surface area contributed by atoms with Gasteiger partial charge in [-0.1, -0.05) is 19.9 Å². The Hall–Kier alpha value is -1.42. The van der Waals surface area contributed by atoms with E-state index in [0.29, 0.717) is 12.1 Å². The molecule has 86 valence electrons. The van der Waals surface area contributed by atoms with Crippen molar-refractivity contribution < 1.29 is 14.3 Å². The molecule has 0 saturated carbocycles. The molecule has 0 bridgehead atoms. The van der Waals surface area contributed by atoms with Crippen LogP contribution in [0.15, 0.2) is 18.2 Å². The van der Waals surface area contributed by atoms with Gasteiger partial charge in [-0.2, -0.15) is 0 Å². The summed E-state index contributed by atoms with van der Waals surface area (Å²) in [5.41, 5.74) is 1.26. The lowest BCUT2D eigenvalue weighted by Gasteiger charge is -2.36. The van der Waals surface area contributed by atoms with Crippen molar-refractivity contribution in [3.8, 4) is 0 Å². The Morgan fingerprint density at radius 1 is 1.56 bits per heavy atom. The summed E-state index contributed by atoms with van der Waals surface area (Å²) in [4.78, 5) is 11.1. The molecule has 0 spiro atoms. The van der Waals surface area contributed by atoms with Gasteiger partial charge in [0.2, 0.25) is 0 Å². The fourth-order valence-corrected chi connectivity index (χ4v) is 2.17. The van der Waals surface area contributed by atoms with Crippen LogP contribution in [0.2, 0.25) is 0 Å². The third kappa shape index (κ3) is 1.69. The van der Waals surface area contributed by atoms with Crippen LogP contribution in [-0.4, -0.2) is 17.6 Å². The molecule has 1 atom stereocenters. The summed E-state index contributed by atoms with van der Waals surface area (Å²) < 4.78 is 13.2. The maximum atomic E-state index is 13.2. The van der Waals surface area contributed by atoms with Crippen LogP contribution >= 0.6 is 0 Å². The molecule has 0 aromatic heterocycles. The quantitative estimate of drug-likeness (QED) is 0.763. The van der Waals surface area contributed by atoms with Crippen molar-refractivity contribution in [3.05, 3.63) is 35.1 Å². The highest BCUT2D eigenvalue weighted by molar-refractivity contribution is 5.77. The fourth-order valence-electron chi connectivity index (χ4n) is 2.17. The van der Waals surface area contributed by atoms with Gasteiger partial charge in [0.15, 0.2) is 0 Å². The Balaban J connectivity index is 2.58. The van der Waals surface area contributed by atoms with Crippen LogP contribution in [-0.2, 0) is 10.2 Å². The van der Waals surface area contributed by atoms with Crippen molar-refractivity contribution in [2.75, 3.05) is 6.54 Å². The molecule has 2 rings (SSSR count). The Morgan fingerprint density at radius 2 is 2.25 bits per heavy atom. The van der Waals surface area contributed by atoms with Gasteiger partial charge < -0.3 is 5.11 Å². The molecule has 0 radical (unpaired) electrons. The van der Waals surface area contributed by atoms with Gasteiger partial charge in [-0.25, -0.2) is 4.39 Å². The zero-order valence-corrected chi connectivity index (χ0v) is 9.25. The fraction of sp³-hybridized carbons (Fsp3) is 0.417. The van der Waals surface area contributed by atoms with Crippen LogP contribution in [0.4, 0.5) is 4.39 Å². The predicted octanol–water partition coefficient (Wildman–Crippen LogP) is 1.83. The number of benzene rings is 1. The maximum Gasteiger partial charge on any atom is 0.325 e. The maximum absolute atomic E-state index is 13.2. The number of carbonyl (C=O) groups is 1. The summed E-state index contributed by atoms with van der Waals surface area (Å²) in [7, 11) is 0. The lowest BCUT2D eigenvalue weighted by molar-refractivity contribution is -0.140. The molecule has 1 aliphatic rings. The van der Waals surface area contributed by atoms with E-state index in [-0.39, 0.29) is 5.41 Å². The van der Waals surface area contributed by atoms with E-state index in [2.05, 4.69) is 5.32 Å². The highest BCUT2D eigenvalue weighted by atomic mass is 19.1. The highest BCUT2D eigenvalue weighted by Gasteiger charge is 2.35. The number of aliphatic carboxylic acids is 1. The first kappa shape index (κ1) is 11.1. The molecule has 1 heterocycles. The SMILES string of the molecule is CC1(C)CNC(C(=O)O)c2cc(F)ccc21. The third-order valence-corrected chi connectivity index (χ3v) is 3.05. The Kier molecular flexibility index (Phi) is 2.46. The van der Waals surface area contributed by atoms with E-state index in [0.717, 1.165) is 5.56 Å². The van der Waals surface area contributed by atoms with Crippen LogP contribution in [0.25, 0.3) is 0 Å². The van der Waals surface area contributed by atoms with Crippen molar-refractivity contribution in [2.24, 2.45) is 0 Å². The lowest BCUT2D eigenvalue weighted by atomic mass is 9.77. The van der Waals surface area contributed by atoms with E-state index in [4.69, 9.17) is 5.11 Å². The van der Waals surface area contributed by atoms with Crippen molar-refractivity contribution in [1.82, 2.24) is 5.32 Å². The summed E-state index contributed by atoms with van der Waals surface area (Å²) in [6, 6.07) is 3.56. The number of fused-ring (bicyclic) bond motifs is 1. The summed E-state index contributed by atoms with van der Waals surface area (Å²) in [5.74, 6) is -1.37. The topological polar surface area (TPSA) is 49.3 Å². The standard InChI is InChI=1S/C12H14FNO2/c1-12(2)6-14-10(11(15)16)8-5-7(13)3-4-9(8)12/h3-5,10,14H,6H2,1-2H3,(H,15,16). The molecule has 1 aromatic rings. The van der Waals surface area contributed by atoms with Crippen LogP contribution < -0.4 is 5.32 Å². The molecule has 0 amide bonds. The molecular weight excluding hydrogens is 209 g/mol. The van der Waals surface area contributed by atoms with E-state index in [9.17, 15) is 9.18 Å². The largest absolute Gasteiger partial charge is 0.480 e. The number of rotatable bonds is 1. The number of nitrogens with one attached hydrogen (secondary N) is 1. The third-order valence-electron chi connectivity index (χ3n) is 3.05. The molecular formula is C12H14FNO2. The molecule has 1 unspecified atom stereocenters. The number of hydrogen-bond acceptors (Lipinski definition) is 2. The summed E-state index contributed by atoms with van der Waals surface area (Å²) in [6.07, 6.45) is 0. The first-order valence-corrected chi connectivity index (χ1v) is 5.18. The van der Waals surface area contributed by atoms with Crippen molar-refractivity contribution in [2.45, 2.75) is 25.3 Å². The van der Waals surface area contributed by atoms with Crippen LogP contribution in [0.1, 0.15) is 31.0 Å². The van der Waals surface area contributed by atoms with E-state index >= 15 is 0 Å². The van der Waals surface area contributed by atoms with E-state index in [1.54, 1.807) is 6.07 Å². The van der Waals surface area contributed by atoms with E-state index in [1.807, 2.05) is 13.8 Å². The normalized spacial score (nSPS) is 22.6. The molecule has 0 aliphatic carbocycles. The molecule has 1 aliphatic heterocycles. The van der Waals surface area contributed by atoms with Crippen LogP contribution in [0.3, 0.4) is 0 Å². The van der Waals surface area contributed by atoms with Gasteiger partial charge in [0, 0.05) is 12.0 Å². The van der Waals surface area contributed by atoms with Gasteiger partial charge in [0.05, 0.1) is 0 Å². The minimum Gasteiger partial charge on any atom is -0.480 e. The number of halogens is 1. The first-order valence-electron chi connectivity index (χ1n) is 5.18. The monoisotopic (exact) mass is 223 g/mol. The van der Waals surface area contributed by atoms with Crippen molar-refractivity contribution in [1.29, 1.82) is 0 Å². The minimum atomic E-state index is -0.970. The molecule has 2 N–H and O–H groups in total. The van der Waals surface area contributed by atoms with Gasteiger partial charge in [0.1, 0.15) is 11.9 Å². The van der Waals surface area contributed by atoms with Gasteiger partial charge in [0.25, 0.3) is 0 Å². The van der Waals surface area contributed by atoms with Crippen LogP contribution in [0, 0.1) is 5.82 Å². The van der Waals surface area contributed by atoms with Gasteiger partial charge >= 0.3 is 5.97 Å². The number of carboxylic acid groups (broad SMARTS) is 1. The van der Waals surface area contributed by atoms with E-state index < -0.39 is 17.8 Å². The zero-order valence-electron chi connectivity index (χ0n) is 9.25. The number of hydrogen-bond donors (Lipinski definition) is 2. The summed E-state index contributed by atoms with van der Waals surface area (Å²) in [5, 5.41) is 12.0. The second-order valence-corrected chi connectivity index (χ2v) is 4.77. The zero-order chi connectivity index (χ0) is 11.9. The molecule has 4 heteroatoms.